The molecule has 4 aromatic heterocycles. The summed E-state index contributed by atoms with van der Waals surface area (Å²) in [6.45, 7) is 7.01. The van der Waals surface area contributed by atoms with Crippen LogP contribution in [0.4, 0.5) is 0 Å². The van der Waals surface area contributed by atoms with E-state index < -0.39 is 0 Å². The van der Waals surface area contributed by atoms with E-state index in [0.717, 1.165) is 56.1 Å². The Bertz CT molecular complexity index is 1370. The molecular weight excluding hydrogens is 474 g/mol. The number of H-pyrrole nitrogens is 1. The molecule has 0 bridgehead atoms. The van der Waals surface area contributed by atoms with Gasteiger partial charge < -0.3 is 4.57 Å². The summed E-state index contributed by atoms with van der Waals surface area (Å²) in [5, 5.41) is 16.6. The smallest absolute Gasteiger partial charge is 0.207 e. The highest BCUT2D eigenvalue weighted by Gasteiger charge is 2.18. The molecule has 0 aliphatic rings. The molecule has 0 saturated heterocycles. The Hall–Kier alpha value is -2.91. The van der Waals surface area contributed by atoms with Gasteiger partial charge in [-0.15, -0.1) is 21.5 Å². The molecule has 5 rings (SSSR count). The van der Waals surface area contributed by atoms with Crippen molar-refractivity contribution in [1.29, 1.82) is 0 Å². The summed E-state index contributed by atoms with van der Waals surface area (Å²) in [5.41, 5.74) is 8.49. The van der Waals surface area contributed by atoms with Crippen LogP contribution >= 0.6 is 27.3 Å². The van der Waals surface area contributed by atoms with Crippen molar-refractivity contribution in [3.8, 4) is 22.5 Å². The van der Waals surface area contributed by atoms with Crippen molar-refractivity contribution in [3.05, 3.63) is 62.1 Å². The quantitative estimate of drug-likeness (QED) is 0.357. The lowest BCUT2D eigenvalue weighted by molar-refractivity contribution is 0.745. The number of aromatic nitrogens is 7. The molecule has 1 N–H and O–H groups in total. The van der Waals surface area contributed by atoms with E-state index in [0.29, 0.717) is 5.82 Å². The second kappa shape index (κ2) is 7.97. The second-order valence-electron chi connectivity index (χ2n) is 7.45. The molecule has 1 aromatic carbocycles. The number of aryl methyl sites for hydroxylation is 3. The van der Waals surface area contributed by atoms with Crippen molar-refractivity contribution in [1.82, 2.24) is 35.2 Å². The molecule has 156 valence electrons. The van der Waals surface area contributed by atoms with E-state index in [1.54, 1.807) is 11.3 Å². The number of nitrogens with zero attached hydrogens (tertiary/aromatic N) is 6. The van der Waals surface area contributed by atoms with Crippen LogP contribution in [-0.2, 0) is 13.0 Å². The highest BCUT2D eigenvalue weighted by molar-refractivity contribution is 9.11. The van der Waals surface area contributed by atoms with Crippen molar-refractivity contribution < 1.29 is 0 Å². The van der Waals surface area contributed by atoms with E-state index in [1.807, 2.05) is 6.92 Å². The first-order valence-electron chi connectivity index (χ1n) is 9.98. The molecule has 7 nitrogen and oxygen atoms in total. The van der Waals surface area contributed by atoms with Gasteiger partial charge >= 0.3 is 0 Å². The maximum absolute atomic E-state index is 4.85. The van der Waals surface area contributed by atoms with Gasteiger partial charge in [0.05, 0.1) is 15.9 Å². The highest BCUT2D eigenvalue weighted by Crippen LogP contribution is 2.40. The number of benzene rings is 1. The van der Waals surface area contributed by atoms with E-state index in [4.69, 9.17) is 9.97 Å². The molecule has 0 atom stereocenters. The van der Waals surface area contributed by atoms with Gasteiger partial charge in [-0.05, 0) is 57.7 Å². The maximum Gasteiger partial charge on any atom is 0.207 e. The number of imidazole rings is 1. The van der Waals surface area contributed by atoms with Gasteiger partial charge in [0.1, 0.15) is 11.3 Å². The first-order chi connectivity index (χ1) is 15.0. The fourth-order valence-electron chi connectivity index (χ4n) is 3.88. The van der Waals surface area contributed by atoms with Gasteiger partial charge in [-0.25, -0.2) is 9.97 Å². The third kappa shape index (κ3) is 3.57. The molecule has 31 heavy (non-hydrogen) atoms. The molecule has 4 heterocycles. The molecular formula is C22H20BrN7S. The number of aromatic amines is 1. The summed E-state index contributed by atoms with van der Waals surface area (Å²) in [6.07, 6.45) is 0.865. The Balaban J connectivity index is 1.51. The van der Waals surface area contributed by atoms with Crippen molar-refractivity contribution in [2.45, 2.75) is 33.7 Å². The first kappa shape index (κ1) is 20.0. The number of nitrogens with one attached hydrogen (secondary N) is 1. The standard InChI is InChI=1S/C22H20BrN7S/c1-4-17-25-19-12(2)9-13(3)24-22(19)30(17)10-14-5-7-15(8-6-14)16-11-31-20(23)18(16)21-26-28-29-27-21/h5-9,11H,4,10H2,1-3H3,(H,26,27,28,29). The van der Waals surface area contributed by atoms with Crippen LogP contribution in [0.2, 0.25) is 0 Å². The summed E-state index contributed by atoms with van der Waals surface area (Å²) < 4.78 is 3.22. The Kier molecular flexibility index (Phi) is 5.15. The number of rotatable bonds is 5. The third-order valence-electron chi connectivity index (χ3n) is 5.34. The highest BCUT2D eigenvalue weighted by atomic mass is 79.9. The maximum atomic E-state index is 4.85. The number of pyridine rings is 1. The summed E-state index contributed by atoms with van der Waals surface area (Å²) in [7, 11) is 0. The Morgan fingerprint density at radius 1 is 1.13 bits per heavy atom. The average molecular weight is 494 g/mol. The summed E-state index contributed by atoms with van der Waals surface area (Å²) in [4.78, 5) is 9.63. The van der Waals surface area contributed by atoms with Gasteiger partial charge in [0.15, 0.2) is 5.65 Å². The van der Waals surface area contributed by atoms with Crippen LogP contribution in [0, 0.1) is 13.8 Å². The van der Waals surface area contributed by atoms with E-state index >= 15 is 0 Å². The minimum absolute atomic E-state index is 0.585. The fourth-order valence-corrected chi connectivity index (χ4v) is 5.35. The number of hydrogen-bond acceptors (Lipinski definition) is 6. The Labute approximate surface area is 191 Å². The van der Waals surface area contributed by atoms with E-state index in [1.165, 1.54) is 11.1 Å². The number of halogens is 1. The normalized spacial score (nSPS) is 11.5. The summed E-state index contributed by atoms with van der Waals surface area (Å²) in [5.74, 6) is 1.64. The lowest BCUT2D eigenvalue weighted by Gasteiger charge is -2.10. The molecule has 5 aromatic rings. The van der Waals surface area contributed by atoms with E-state index in [9.17, 15) is 0 Å². The summed E-state index contributed by atoms with van der Waals surface area (Å²) in [6, 6.07) is 10.7. The number of fused-ring (bicyclic) bond motifs is 1. The zero-order valence-corrected chi connectivity index (χ0v) is 19.8. The van der Waals surface area contributed by atoms with E-state index in [2.05, 4.69) is 90.7 Å². The number of hydrogen-bond donors (Lipinski definition) is 1. The zero-order valence-electron chi connectivity index (χ0n) is 17.3. The SMILES string of the molecule is CCc1nc2c(C)cc(C)nc2n1Cc1ccc(-c2csc(Br)c2-c2nn[nH]n2)cc1. The van der Waals surface area contributed by atoms with Gasteiger partial charge in [0.25, 0.3) is 0 Å². The molecule has 0 spiro atoms. The van der Waals surface area contributed by atoms with Gasteiger partial charge in [-0.2, -0.15) is 5.21 Å². The van der Waals surface area contributed by atoms with Gasteiger partial charge in [-0.1, -0.05) is 31.2 Å². The minimum Gasteiger partial charge on any atom is -0.308 e. The predicted octanol–water partition coefficient (Wildman–Crippen LogP) is 5.33. The molecule has 0 saturated carbocycles. The van der Waals surface area contributed by atoms with Crippen molar-refractivity contribution >= 4 is 38.4 Å². The summed E-state index contributed by atoms with van der Waals surface area (Å²) >= 11 is 5.24. The largest absolute Gasteiger partial charge is 0.308 e. The van der Waals surface area contributed by atoms with Crippen LogP contribution in [-0.4, -0.2) is 35.2 Å². The van der Waals surface area contributed by atoms with Crippen LogP contribution in [0.25, 0.3) is 33.7 Å². The molecule has 0 amide bonds. The number of tetrazole rings is 1. The zero-order chi connectivity index (χ0) is 21.5. The fraction of sp³-hybridized carbons (Fsp3) is 0.227. The molecule has 0 aliphatic carbocycles. The van der Waals surface area contributed by atoms with Gasteiger partial charge in [0.2, 0.25) is 5.82 Å². The van der Waals surface area contributed by atoms with Crippen LogP contribution in [0.1, 0.15) is 29.6 Å². The molecule has 0 unspecified atom stereocenters. The predicted molar refractivity (Wildman–Crippen MR) is 126 cm³/mol. The minimum atomic E-state index is 0.585. The first-order valence-corrected chi connectivity index (χ1v) is 11.7. The van der Waals surface area contributed by atoms with Crippen molar-refractivity contribution in [3.63, 3.8) is 0 Å². The molecule has 0 radical (unpaired) electrons. The Morgan fingerprint density at radius 3 is 2.65 bits per heavy atom. The molecule has 0 aliphatic heterocycles. The van der Waals surface area contributed by atoms with Crippen molar-refractivity contribution in [2.24, 2.45) is 0 Å². The third-order valence-corrected chi connectivity index (χ3v) is 7.06. The topological polar surface area (TPSA) is 85.2 Å². The lowest BCUT2D eigenvalue weighted by atomic mass is 10.0. The van der Waals surface area contributed by atoms with Crippen LogP contribution in [0.15, 0.2) is 39.5 Å². The van der Waals surface area contributed by atoms with Crippen LogP contribution in [0.3, 0.4) is 0 Å². The van der Waals surface area contributed by atoms with Crippen LogP contribution < -0.4 is 0 Å². The Morgan fingerprint density at radius 2 is 1.94 bits per heavy atom. The van der Waals surface area contributed by atoms with Gasteiger partial charge in [-0.3, -0.25) is 0 Å². The number of thiophene rings is 1. The monoisotopic (exact) mass is 493 g/mol. The van der Waals surface area contributed by atoms with Crippen LogP contribution in [0.5, 0.6) is 0 Å². The lowest BCUT2D eigenvalue weighted by Crippen LogP contribution is -2.05. The molecule has 0 fully saturated rings. The molecule has 9 heteroatoms. The van der Waals surface area contributed by atoms with Gasteiger partial charge in [0, 0.05) is 23.1 Å². The second-order valence-corrected chi connectivity index (χ2v) is 9.65. The van der Waals surface area contributed by atoms with E-state index in [-0.39, 0.29) is 0 Å². The van der Waals surface area contributed by atoms with Crippen molar-refractivity contribution in [2.75, 3.05) is 0 Å². The average Bonchev–Trinajstić information content (AvgIpc) is 3.48.